The van der Waals surface area contributed by atoms with Gasteiger partial charge in [-0.15, -0.1) is 0 Å². The van der Waals surface area contributed by atoms with Crippen molar-refractivity contribution in [3.63, 3.8) is 0 Å². The summed E-state index contributed by atoms with van der Waals surface area (Å²) in [5.41, 5.74) is 14.9. The number of fused-ring (bicyclic) bond motifs is 3. The van der Waals surface area contributed by atoms with Crippen molar-refractivity contribution in [1.82, 2.24) is 15.0 Å². The minimum absolute atomic E-state index is 0.188. The van der Waals surface area contributed by atoms with Crippen LogP contribution in [0.15, 0.2) is 170 Å². The third kappa shape index (κ3) is 5.96. The standard InChI is InChI=1S/C49H37N5/c1-49(2)43-22-10-9-21-40(43)41-27-28-44(42(31-50)45(41)49)51-39-25-23-32(24-26-39)35-17-11-18-36(29-35)37-19-12-20-38(30-37)48-53-46(33-13-5-3-6-14-33)52-47(54-48)34-15-7-4-8-16-34/h3-31,50-51H,1-2H3. The monoisotopic (exact) mass is 695 g/mol. The number of rotatable bonds is 8. The molecule has 0 unspecified atom stereocenters. The third-order valence-electron chi connectivity index (χ3n) is 10.4. The number of hydrogen-bond donors (Lipinski definition) is 2. The number of aromatic nitrogens is 3. The van der Waals surface area contributed by atoms with Gasteiger partial charge in [0.15, 0.2) is 17.5 Å². The topological polar surface area (TPSA) is 74.6 Å². The van der Waals surface area contributed by atoms with Crippen LogP contribution in [-0.4, -0.2) is 21.2 Å². The van der Waals surface area contributed by atoms with Crippen molar-refractivity contribution in [1.29, 1.82) is 5.41 Å². The van der Waals surface area contributed by atoms with E-state index in [-0.39, 0.29) is 5.41 Å². The summed E-state index contributed by atoms with van der Waals surface area (Å²) in [6.45, 7) is 4.51. The third-order valence-corrected chi connectivity index (χ3v) is 10.4. The molecular formula is C49H37N5. The Kier molecular flexibility index (Phi) is 8.24. The quantitative estimate of drug-likeness (QED) is 0.155. The van der Waals surface area contributed by atoms with Gasteiger partial charge in [0.2, 0.25) is 0 Å². The van der Waals surface area contributed by atoms with E-state index in [4.69, 9.17) is 20.4 Å². The van der Waals surface area contributed by atoms with Gasteiger partial charge in [-0.2, -0.15) is 0 Å². The Bertz CT molecular complexity index is 2610. The van der Waals surface area contributed by atoms with Gasteiger partial charge in [0.1, 0.15) is 0 Å². The first-order chi connectivity index (χ1) is 26.5. The fraction of sp³-hybridized carbons (Fsp3) is 0.0612. The summed E-state index contributed by atoms with van der Waals surface area (Å²) in [6, 6.07) is 58.5. The Morgan fingerprint density at radius 3 is 1.57 bits per heavy atom. The molecule has 5 nitrogen and oxygen atoms in total. The molecule has 54 heavy (non-hydrogen) atoms. The molecule has 0 bridgehead atoms. The van der Waals surface area contributed by atoms with Crippen LogP contribution < -0.4 is 5.32 Å². The minimum Gasteiger partial charge on any atom is -0.355 e. The van der Waals surface area contributed by atoms with Gasteiger partial charge in [-0.1, -0.05) is 153 Å². The van der Waals surface area contributed by atoms with Crippen molar-refractivity contribution in [3.8, 4) is 67.5 Å². The van der Waals surface area contributed by atoms with Gasteiger partial charge >= 0.3 is 0 Å². The summed E-state index contributed by atoms with van der Waals surface area (Å²) in [5.74, 6) is 1.92. The molecule has 5 heteroatoms. The lowest BCUT2D eigenvalue weighted by Crippen LogP contribution is -2.18. The largest absolute Gasteiger partial charge is 0.355 e. The van der Waals surface area contributed by atoms with Crippen molar-refractivity contribution in [2.45, 2.75) is 19.3 Å². The van der Waals surface area contributed by atoms with Crippen LogP contribution in [0.1, 0.15) is 30.5 Å². The molecule has 1 aliphatic carbocycles. The normalized spacial score (nSPS) is 12.5. The van der Waals surface area contributed by atoms with Gasteiger partial charge < -0.3 is 10.7 Å². The summed E-state index contributed by atoms with van der Waals surface area (Å²) in [7, 11) is 0. The second-order valence-electron chi connectivity index (χ2n) is 14.2. The SMILES string of the molecule is CC1(C)c2ccccc2-c2ccc(Nc3ccc(-c4cccc(-c5cccc(-c6nc(-c7ccccc7)nc(-c7ccccc7)n6)c5)c4)cc3)c(C=N)c21. The molecule has 0 spiro atoms. The molecule has 0 aliphatic heterocycles. The van der Waals surface area contributed by atoms with Crippen molar-refractivity contribution in [2.75, 3.05) is 5.32 Å². The van der Waals surface area contributed by atoms with Gasteiger partial charge in [-0.05, 0) is 74.8 Å². The smallest absolute Gasteiger partial charge is 0.164 e. The molecule has 7 aromatic carbocycles. The molecule has 8 aromatic rings. The zero-order valence-electron chi connectivity index (χ0n) is 30.1. The first-order valence-corrected chi connectivity index (χ1v) is 18.2. The molecule has 0 saturated carbocycles. The van der Waals surface area contributed by atoms with Crippen molar-refractivity contribution in [2.24, 2.45) is 0 Å². The average molecular weight is 696 g/mol. The molecular weight excluding hydrogens is 659 g/mol. The summed E-state index contributed by atoms with van der Waals surface area (Å²) < 4.78 is 0. The van der Waals surface area contributed by atoms with Crippen LogP contribution in [0.25, 0.3) is 67.5 Å². The zero-order valence-corrected chi connectivity index (χ0v) is 30.1. The summed E-state index contributed by atoms with van der Waals surface area (Å²) in [4.78, 5) is 14.7. The fourth-order valence-electron chi connectivity index (χ4n) is 7.73. The minimum atomic E-state index is -0.188. The zero-order chi connectivity index (χ0) is 36.6. The van der Waals surface area contributed by atoms with E-state index in [1.807, 2.05) is 60.7 Å². The highest BCUT2D eigenvalue weighted by Gasteiger charge is 2.37. The van der Waals surface area contributed by atoms with E-state index in [0.29, 0.717) is 17.5 Å². The summed E-state index contributed by atoms with van der Waals surface area (Å²) in [5, 5.41) is 12.0. The Morgan fingerprint density at radius 2 is 0.963 bits per heavy atom. The summed E-state index contributed by atoms with van der Waals surface area (Å²) >= 11 is 0. The molecule has 1 aliphatic rings. The molecule has 1 heterocycles. The molecule has 9 rings (SSSR count). The maximum Gasteiger partial charge on any atom is 0.164 e. The lowest BCUT2D eigenvalue weighted by Gasteiger charge is -2.24. The predicted molar refractivity (Wildman–Crippen MR) is 222 cm³/mol. The van der Waals surface area contributed by atoms with E-state index in [2.05, 4.69) is 128 Å². The average Bonchev–Trinajstić information content (AvgIpc) is 3.47. The molecule has 0 amide bonds. The van der Waals surface area contributed by atoms with Crippen LogP contribution in [-0.2, 0) is 5.41 Å². The first-order valence-electron chi connectivity index (χ1n) is 18.2. The molecule has 0 saturated heterocycles. The van der Waals surface area contributed by atoms with Crippen LogP contribution >= 0.6 is 0 Å². The molecule has 258 valence electrons. The van der Waals surface area contributed by atoms with Crippen LogP contribution in [0.5, 0.6) is 0 Å². The molecule has 0 atom stereocenters. The van der Waals surface area contributed by atoms with Crippen LogP contribution in [0.2, 0.25) is 0 Å². The predicted octanol–water partition coefficient (Wildman–Crippen LogP) is 12.3. The maximum absolute atomic E-state index is 8.42. The Labute approximate surface area is 315 Å². The maximum atomic E-state index is 8.42. The highest BCUT2D eigenvalue weighted by Crippen LogP contribution is 2.51. The van der Waals surface area contributed by atoms with Crippen molar-refractivity contribution >= 4 is 17.6 Å². The number of nitrogens with one attached hydrogen (secondary N) is 2. The van der Waals surface area contributed by atoms with E-state index in [0.717, 1.165) is 55.9 Å². The Morgan fingerprint density at radius 1 is 0.463 bits per heavy atom. The molecule has 0 radical (unpaired) electrons. The van der Waals surface area contributed by atoms with E-state index in [9.17, 15) is 0 Å². The molecule has 2 N–H and O–H groups in total. The van der Waals surface area contributed by atoms with Gasteiger partial charge in [-0.25, -0.2) is 15.0 Å². The summed E-state index contributed by atoms with van der Waals surface area (Å²) in [6.07, 6.45) is 1.49. The second-order valence-corrected chi connectivity index (χ2v) is 14.2. The lowest BCUT2D eigenvalue weighted by molar-refractivity contribution is 0.659. The van der Waals surface area contributed by atoms with E-state index < -0.39 is 0 Å². The molecule has 0 fully saturated rings. The van der Waals surface area contributed by atoms with E-state index >= 15 is 0 Å². The van der Waals surface area contributed by atoms with Crippen molar-refractivity contribution in [3.05, 3.63) is 187 Å². The van der Waals surface area contributed by atoms with Gasteiger partial charge in [0.25, 0.3) is 0 Å². The van der Waals surface area contributed by atoms with Crippen molar-refractivity contribution < 1.29 is 0 Å². The Balaban J connectivity index is 1.00. The number of anilines is 2. The lowest BCUT2D eigenvalue weighted by atomic mass is 9.80. The van der Waals surface area contributed by atoms with E-state index in [1.165, 1.54) is 28.5 Å². The van der Waals surface area contributed by atoms with Crippen LogP contribution in [0.3, 0.4) is 0 Å². The number of hydrogen-bond acceptors (Lipinski definition) is 5. The first kappa shape index (κ1) is 32.9. The Hall–Kier alpha value is -6.98. The van der Waals surface area contributed by atoms with Crippen LogP contribution in [0, 0.1) is 5.41 Å². The van der Waals surface area contributed by atoms with Crippen LogP contribution in [0.4, 0.5) is 11.4 Å². The van der Waals surface area contributed by atoms with Gasteiger partial charge in [0.05, 0.1) is 0 Å². The highest BCUT2D eigenvalue weighted by atomic mass is 15.0. The van der Waals surface area contributed by atoms with E-state index in [1.54, 1.807) is 0 Å². The number of benzene rings is 7. The van der Waals surface area contributed by atoms with Gasteiger partial charge in [-0.3, -0.25) is 0 Å². The second kappa shape index (κ2) is 13.5. The molecule has 1 aromatic heterocycles. The highest BCUT2D eigenvalue weighted by molar-refractivity contribution is 5.97. The fourth-order valence-corrected chi connectivity index (χ4v) is 7.73. The number of nitrogens with zero attached hydrogens (tertiary/aromatic N) is 3. The van der Waals surface area contributed by atoms with Gasteiger partial charge in [0, 0.05) is 45.3 Å².